The first-order valence-electron chi connectivity index (χ1n) is 23.6. The van der Waals surface area contributed by atoms with Crippen LogP contribution in [0.2, 0.25) is 0 Å². The fourth-order valence-electron chi connectivity index (χ4n) is 8.29. The molecule has 1 amide bonds. The van der Waals surface area contributed by atoms with Crippen molar-refractivity contribution in [1.29, 1.82) is 0 Å². The third kappa shape index (κ3) is 19.0. The molecular formula is C53H91NO3. The highest BCUT2D eigenvalue weighted by atomic mass is 16.3. The number of aromatic hydroxyl groups is 2. The average molecular weight is 790 g/mol. The van der Waals surface area contributed by atoms with E-state index < -0.39 is 0 Å². The Morgan fingerprint density at radius 1 is 0.491 bits per heavy atom. The molecule has 4 heteroatoms. The van der Waals surface area contributed by atoms with Crippen molar-refractivity contribution < 1.29 is 15.0 Å². The van der Waals surface area contributed by atoms with Crippen LogP contribution in [0.5, 0.6) is 11.5 Å². The summed E-state index contributed by atoms with van der Waals surface area (Å²) in [6, 6.07) is 8.79. The maximum absolute atomic E-state index is 13.5. The standard InChI is InChI=1S/C53H91NO3/c1-14-15-16-17-18-19-20-21-22-23-24-25-26-27-28-29-34-54-47(55)39-40(30-32-41-35-43(50(2,3)4)48(56)44(36-41)51(5,6)7)31-33-42-37-45(52(8,9)10)49(57)46(38-42)53(11,12)13/h35-38,40,56-57H,14-34,39H2,1-13H3,(H,54,55). The summed E-state index contributed by atoms with van der Waals surface area (Å²) in [7, 11) is 0. The summed E-state index contributed by atoms with van der Waals surface area (Å²) in [5.74, 6) is 1.21. The third-order valence-corrected chi connectivity index (χ3v) is 12.1. The van der Waals surface area contributed by atoms with E-state index in [2.05, 4.69) is 120 Å². The highest BCUT2D eigenvalue weighted by Gasteiger charge is 2.28. The molecule has 0 aromatic heterocycles. The second-order valence-electron chi connectivity index (χ2n) is 21.9. The quantitative estimate of drug-likeness (QED) is 0.0878. The fourth-order valence-corrected chi connectivity index (χ4v) is 8.29. The van der Waals surface area contributed by atoms with E-state index in [1.807, 2.05) is 0 Å². The van der Waals surface area contributed by atoms with Crippen molar-refractivity contribution in [1.82, 2.24) is 5.32 Å². The van der Waals surface area contributed by atoms with Crippen LogP contribution in [0.25, 0.3) is 0 Å². The second kappa shape index (κ2) is 23.9. The number of rotatable bonds is 25. The summed E-state index contributed by atoms with van der Waals surface area (Å²) in [6.45, 7) is 29.0. The Kier molecular flexibility index (Phi) is 21.3. The first-order chi connectivity index (χ1) is 26.6. The van der Waals surface area contributed by atoms with Crippen molar-refractivity contribution in [3.8, 4) is 11.5 Å². The number of unbranched alkanes of at least 4 members (excludes halogenated alkanes) is 15. The van der Waals surface area contributed by atoms with Crippen LogP contribution >= 0.6 is 0 Å². The van der Waals surface area contributed by atoms with Gasteiger partial charge < -0.3 is 15.5 Å². The molecule has 2 aromatic carbocycles. The van der Waals surface area contributed by atoms with Crippen LogP contribution in [0.1, 0.15) is 245 Å². The van der Waals surface area contributed by atoms with Crippen molar-refractivity contribution in [2.45, 2.75) is 247 Å². The Balaban J connectivity index is 2.02. The van der Waals surface area contributed by atoms with Crippen molar-refractivity contribution in [3.63, 3.8) is 0 Å². The third-order valence-electron chi connectivity index (χ3n) is 12.1. The van der Waals surface area contributed by atoms with Crippen LogP contribution in [-0.2, 0) is 39.3 Å². The van der Waals surface area contributed by atoms with Gasteiger partial charge in [-0.2, -0.15) is 0 Å². The van der Waals surface area contributed by atoms with Crippen LogP contribution in [-0.4, -0.2) is 22.7 Å². The van der Waals surface area contributed by atoms with E-state index in [0.717, 1.165) is 60.9 Å². The van der Waals surface area contributed by atoms with E-state index in [-0.39, 0.29) is 33.5 Å². The average Bonchev–Trinajstić information content (AvgIpc) is 3.09. The first-order valence-corrected chi connectivity index (χ1v) is 23.6. The zero-order chi connectivity index (χ0) is 42.9. The maximum Gasteiger partial charge on any atom is 0.220 e. The van der Waals surface area contributed by atoms with Gasteiger partial charge in [-0.3, -0.25) is 4.79 Å². The predicted octanol–water partition coefficient (Wildman–Crippen LogP) is 15.2. The van der Waals surface area contributed by atoms with Gasteiger partial charge in [0.25, 0.3) is 0 Å². The summed E-state index contributed by atoms with van der Waals surface area (Å²) < 4.78 is 0. The molecule has 0 atom stereocenters. The van der Waals surface area contributed by atoms with Gasteiger partial charge in [0, 0.05) is 13.0 Å². The van der Waals surface area contributed by atoms with E-state index in [1.165, 1.54) is 107 Å². The minimum Gasteiger partial charge on any atom is -0.507 e. The molecule has 0 aliphatic rings. The topological polar surface area (TPSA) is 69.6 Å². The number of carbonyl (C=O) groups excluding carboxylic acids is 1. The lowest BCUT2D eigenvalue weighted by atomic mass is 9.77. The number of hydrogen-bond acceptors (Lipinski definition) is 3. The minimum atomic E-state index is -0.180. The van der Waals surface area contributed by atoms with Crippen molar-refractivity contribution in [2.24, 2.45) is 5.92 Å². The fraction of sp³-hybridized carbons (Fsp3) is 0.755. The van der Waals surface area contributed by atoms with Gasteiger partial charge >= 0.3 is 0 Å². The van der Waals surface area contributed by atoms with Crippen LogP contribution in [0.4, 0.5) is 0 Å². The molecule has 0 aliphatic heterocycles. The van der Waals surface area contributed by atoms with Gasteiger partial charge in [0.1, 0.15) is 11.5 Å². The number of nitrogens with one attached hydrogen (secondary N) is 1. The molecule has 326 valence electrons. The molecule has 0 aliphatic carbocycles. The molecule has 0 spiro atoms. The molecule has 0 saturated carbocycles. The van der Waals surface area contributed by atoms with Crippen LogP contribution in [0, 0.1) is 5.92 Å². The minimum absolute atomic E-state index is 0.161. The summed E-state index contributed by atoms with van der Waals surface area (Å²) in [6.07, 6.45) is 25.6. The van der Waals surface area contributed by atoms with E-state index in [4.69, 9.17) is 0 Å². The highest BCUT2D eigenvalue weighted by molar-refractivity contribution is 5.76. The molecule has 0 fully saturated rings. The Morgan fingerprint density at radius 3 is 1.05 bits per heavy atom. The zero-order valence-electron chi connectivity index (χ0n) is 39.7. The van der Waals surface area contributed by atoms with Gasteiger partial charge in [-0.15, -0.1) is 0 Å². The Bertz CT molecular complexity index is 1300. The molecule has 2 aromatic rings. The summed E-state index contributed by atoms with van der Waals surface area (Å²) in [4.78, 5) is 13.5. The molecule has 0 radical (unpaired) electrons. The molecule has 0 unspecified atom stereocenters. The molecule has 3 N–H and O–H groups in total. The van der Waals surface area contributed by atoms with Gasteiger partial charge in [0.05, 0.1) is 0 Å². The van der Waals surface area contributed by atoms with E-state index >= 15 is 0 Å². The Morgan fingerprint density at radius 2 is 0.772 bits per heavy atom. The van der Waals surface area contributed by atoms with Crippen LogP contribution in [0.3, 0.4) is 0 Å². The monoisotopic (exact) mass is 790 g/mol. The van der Waals surface area contributed by atoms with E-state index in [0.29, 0.717) is 17.9 Å². The molecule has 0 bridgehead atoms. The highest BCUT2D eigenvalue weighted by Crippen LogP contribution is 2.42. The molecule has 57 heavy (non-hydrogen) atoms. The lowest BCUT2D eigenvalue weighted by Crippen LogP contribution is -2.27. The molecule has 2 rings (SSSR count). The van der Waals surface area contributed by atoms with Crippen molar-refractivity contribution in [3.05, 3.63) is 57.6 Å². The molecular weight excluding hydrogens is 699 g/mol. The summed E-state index contributed by atoms with van der Waals surface area (Å²) in [5.41, 5.74) is 5.71. The normalized spacial score (nSPS) is 12.8. The smallest absolute Gasteiger partial charge is 0.220 e. The first kappa shape index (κ1) is 50.7. The number of hydrogen-bond donors (Lipinski definition) is 3. The number of phenols is 2. The maximum atomic E-state index is 13.5. The van der Waals surface area contributed by atoms with Crippen molar-refractivity contribution in [2.75, 3.05) is 6.54 Å². The van der Waals surface area contributed by atoms with Gasteiger partial charge in [0.15, 0.2) is 0 Å². The van der Waals surface area contributed by atoms with Crippen LogP contribution < -0.4 is 5.32 Å². The van der Waals surface area contributed by atoms with Gasteiger partial charge in [-0.25, -0.2) is 0 Å². The van der Waals surface area contributed by atoms with Crippen LogP contribution in [0.15, 0.2) is 24.3 Å². The van der Waals surface area contributed by atoms with Gasteiger partial charge in [-0.05, 0) is 93.1 Å². The van der Waals surface area contributed by atoms with Gasteiger partial charge in [-0.1, -0.05) is 211 Å². The molecule has 4 nitrogen and oxygen atoms in total. The second-order valence-corrected chi connectivity index (χ2v) is 21.9. The Hall–Kier alpha value is -2.49. The SMILES string of the molecule is CCCCCCCCCCCCCCCCCCNC(=O)CC(CCc1cc(C(C)(C)C)c(O)c(C(C)(C)C)c1)CCc1cc(C(C)(C)C)c(O)c(C(C)(C)C)c1. The number of aryl methyl sites for hydroxylation is 2. The van der Waals surface area contributed by atoms with E-state index in [9.17, 15) is 15.0 Å². The summed E-state index contributed by atoms with van der Waals surface area (Å²) >= 11 is 0. The number of benzene rings is 2. The summed E-state index contributed by atoms with van der Waals surface area (Å²) in [5, 5.41) is 26.0. The number of carbonyl (C=O) groups is 1. The Labute approximate surface area is 353 Å². The largest absolute Gasteiger partial charge is 0.507 e. The van der Waals surface area contributed by atoms with Gasteiger partial charge in [0.2, 0.25) is 5.91 Å². The lowest BCUT2D eigenvalue weighted by Gasteiger charge is -2.29. The lowest BCUT2D eigenvalue weighted by molar-refractivity contribution is -0.122. The van der Waals surface area contributed by atoms with E-state index in [1.54, 1.807) is 0 Å². The molecule has 0 saturated heterocycles. The molecule has 0 heterocycles. The van der Waals surface area contributed by atoms with Crippen molar-refractivity contribution >= 4 is 5.91 Å². The number of phenolic OH excluding ortho intramolecular Hbond substituents is 2. The predicted molar refractivity (Wildman–Crippen MR) is 248 cm³/mol. The number of amides is 1. The zero-order valence-corrected chi connectivity index (χ0v) is 39.7.